The van der Waals surface area contributed by atoms with Crippen LogP contribution in [0.2, 0.25) is 0 Å². The first-order chi connectivity index (χ1) is 18.3. The number of rotatable bonds is 7. The zero-order valence-electron chi connectivity index (χ0n) is 20.5. The summed E-state index contributed by atoms with van der Waals surface area (Å²) in [5.74, 6) is -1.21. The molecule has 1 aliphatic heterocycles. The highest BCUT2D eigenvalue weighted by molar-refractivity contribution is 7.99. The van der Waals surface area contributed by atoms with Crippen LogP contribution in [0.15, 0.2) is 60.2 Å². The second-order valence-electron chi connectivity index (χ2n) is 8.97. The number of aromatic nitrogens is 2. The van der Waals surface area contributed by atoms with E-state index in [2.05, 4.69) is 20.0 Å². The Morgan fingerprint density at radius 1 is 1.18 bits per heavy atom. The molecule has 0 aliphatic carbocycles. The summed E-state index contributed by atoms with van der Waals surface area (Å²) in [5.41, 5.74) is 4.36. The minimum Gasteiger partial charge on any atom is -0.325 e. The van der Waals surface area contributed by atoms with Crippen molar-refractivity contribution in [1.82, 2.24) is 20.0 Å². The predicted molar refractivity (Wildman–Crippen MR) is 146 cm³/mol. The monoisotopic (exact) mass is 554 g/mol. The molecule has 2 unspecified atom stereocenters. The summed E-state index contributed by atoms with van der Waals surface area (Å²) in [5, 5.41) is 2.68. The maximum Gasteiger partial charge on any atom is 0.326 e. The third-order valence-electron chi connectivity index (χ3n) is 6.23. The van der Waals surface area contributed by atoms with Crippen molar-refractivity contribution < 1.29 is 18.4 Å². The third kappa shape index (κ3) is 5.55. The molecule has 5 rings (SSSR count). The number of nitrogens with one attached hydrogen (secondary N) is 2. The van der Waals surface area contributed by atoms with E-state index in [1.54, 1.807) is 30.9 Å². The molecule has 38 heavy (non-hydrogen) atoms. The third-order valence-corrected chi connectivity index (χ3v) is 8.04. The number of benzene rings is 2. The van der Waals surface area contributed by atoms with Gasteiger partial charge in [0.25, 0.3) is 0 Å². The van der Waals surface area contributed by atoms with Gasteiger partial charge in [-0.3, -0.25) is 13.8 Å². The van der Waals surface area contributed by atoms with Gasteiger partial charge in [0.2, 0.25) is 5.91 Å². The maximum absolute atomic E-state index is 13.9. The molecule has 0 saturated carbocycles. The van der Waals surface area contributed by atoms with Gasteiger partial charge >= 0.3 is 6.03 Å². The van der Waals surface area contributed by atoms with E-state index in [1.807, 2.05) is 29.4 Å². The van der Waals surface area contributed by atoms with Gasteiger partial charge in [0, 0.05) is 37.5 Å². The smallest absolute Gasteiger partial charge is 0.325 e. The van der Waals surface area contributed by atoms with E-state index in [0.717, 1.165) is 58.4 Å². The van der Waals surface area contributed by atoms with Gasteiger partial charge in [-0.05, 0) is 60.9 Å². The number of urea groups is 1. The molecule has 196 valence electrons. The van der Waals surface area contributed by atoms with Gasteiger partial charge in [0.05, 0.1) is 27.9 Å². The normalized spacial score (nSPS) is 15.3. The lowest BCUT2D eigenvalue weighted by Crippen LogP contribution is -2.51. The Labute approximate surface area is 226 Å². The number of hydrogen-bond donors (Lipinski definition) is 2. The van der Waals surface area contributed by atoms with Crippen LogP contribution in [-0.2, 0) is 17.6 Å². The second kappa shape index (κ2) is 10.9. The van der Waals surface area contributed by atoms with Crippen LogP contribution >= 0.6 is 23.5 Å². The van der Waals surface area contributed by atoms with Crippen molar-refractivity contribution in [1.29, 1.82) is 0 Å². The summed E-state index contributed by atoms with van der Waals surface area (Å²) in [4.78, 5) is 36.6. The maximum atomic E-state index is 13.9. The highest BCUT2D eigenvalue weighted by Gasteiger charge is 2.30. The Morgan fingerprint density at radius 3 is 2.76 bits per heavy atom. The van der Waals surface area contributed by atoms with Gasteiger partial charge in [0.1, 0.15) is 23.5 Å². The molecular weight excluding hydrogens is 530 g/mol. The molecule has 2 aromatic heterocycles. The van der Waals surface area contributed by atoms with E-state index in [-0.39, 0.29) is 18.0 Å². The van der Waals surface area contributed by atoms with Crippen LogP contribution in [0.5, 0.6) is 0 Å². The van der Waals surface area contributed by atoms with E-state index >= 15 is 0 Å². The SMILES string of the molecule is CC1Cc2cccnc2N1SNC(=O)NC(Cc1cc(F)cc(F)c1)C(=O)N(C)c1ccc2scnc2c1. The van der Waals surface area contributed by atoms with Crippen LogP contribution in [0.3, 0.4) is 0 Å². The van der Waals surface area contributed by atoms with Crippen molar-refractivity contribution in [3.05, 3.63) is 83.0 Å². The summed E-state index contributed by atoms with van der Waals surface area (Å²) < 4.78 is 33.3. The van der Waals surface area contributed by atoms with Gasteiger partial charge in [-0.2, -0.15) is 0 Å². The molecule has 0 radical (unpaired) electrons. The summed E-state index contributed by atoms with van der Waals surface area (Å²) in [6.45, 7) is 2.02. The first-order valence-electron chi connectivity index (χ1n) is 11.8. The van der Waals surface area contributed by atoms with Crippen LogP contribution in [-0.4, -0.2) is 41.0 Å². The Morgan fingerprint density at radius 2 is 1.97 bits per heavy atom. The van der Waals surface area contributed by atoms with Crippen LogP contribution in [0.4, 0.5) is 25.1 Å². The molecule has 0 spiro atoms. The molecule has 2 atom stereocenters. The first-order valence-corrected chi connectivity index (χ1v) is 13.5. The van der Waals surface area contributed by atoms with E-state index in [9.17, 15) is 18.4 Å². The van der Waals surface area contributed by atoms with Crippen molar-refractivity contribution in [2.24, 2.45) is 0 Å². The molecule has 2 aromatic carbocycles. The Balaban J connectivity index is 1.33. The van der Waals surface area contributed by atoms with Gasteiger partial charge < -0.3 is 10.2 Å². The van der Waals surface area contributed by atoms with Crippen molar-refractivity contribution >= 4 is 57.1 Å². The molecule has 0 bridgehead atoms. The molecule has 8 nitrogen and oxygen atoms in total. The molecule has 0 saturated heterocycles. The minimum atomic E-state index is -1.10. The number of carbonyl (C=O) groups excluding carboxylic acids is 2. The number of thiazole rings is 1. The summed E-state index contributed by atoms with van der Waals surface area (Å²) in [7, 11) is 1.58. The molecule has 12 heteroatoms. The standard InChI is InChI=1S/C26H24F2N6O2S2/c1-15-8-17-4-3-7-29-24(17)34(15)38-32-26(36)31-22(11-16-9-18(27)12-19(28)10-16)25(35)33(2)20-5-6-23-21(13-20)30-14-37-23/h3-7,9-10,12-15,22H,8,11H2,1-2H3,(H2,31,32,36). The summed E-state index contributed by atoms with van der Waals surface area (Å²) in [6, 6.07) is 10.7. The molecule has 0 fully saturated rings. The quantitative estimate of drug-likeness (QED) is 0.317. The number of fused-ring (bicyclic) bond motifs is 2. The molecule has 1 aliphatic rings. The zero-order valence-corrected chi connectivity index (χ0v) is 22.2. The predicted octanol–water partition coefficient (Wildman–Crippen LogP) is 4.86. The Bertz CT molecular complexity index is 1480. The van der Waals surface area contributed by atoms with Crippen LogP contribution < -0.4 is 19.2 Å². The van der Waals surface area contributed by atoms with E-state index in [0.29, 0.717) is 5.69 Å². The fraction of sp³-hybridized carbons (Fsp3) is 0.231. The van der Waals surface area contributed by atoms with Gasteiger partial charge in [-0.25, -0.2) is 23.5 Å². The fourth-order valence-corrected chi connectivity index (χ4v) is 5.79. The molecular formula is C26H24F2N6O2S2. The van der Waals surface area contributed by atoms with Gasteiger partial charge in [0.15, 0.2) is 0 Å². The highest BCUT2D eigenvalue weighted by Crippen LogP contribution is 2.33. The highest BCUT2D eigenvalue weighted by atomic mass is 32.2. The van der Waals surface area contributed by atoms with Crippen molar-refractivity contribution in [2.75, 3.05) is 16.3 Å². The molecule has 3 heterocycles. The van der Waals surface area contributed by atoms with Crippen LogP contribution in [0.1, 0.15) is 18.1 Å². The van der Waals surface area contributed by atoms with Crippen LogP contribution in [0, 0.1) is 11.6 Å². The van der Waals surface area contributed by atoms with Gasteiger partial charge in [-0.15, -0.1) is 11.3 Å². The zero-order chi connectivity index (χ0) is 26.8. The Hall–Kier alpha value is -3.77. The van der Waals surface area contributed by atoms with E-state index in [1.165, 1.54) is 16.2 Å². The van der Waals surface area contributed by atoms with E-state index < -0.39 is 29.6 Å². The largest absolute Gasteiger partial charge is 0.326 e. The lowest BCUT2D eigenvalue weighted by Gasteiger charge is -2.26. The first kappa shape index (κ1) is 25.9. The topological polar surface area (TPSA) is 90.5 Å². The average molecular weight is 555 g/mol. The number of halogens is 2. The second-order valence-corrected chi connectivity index (χ2v) is 10.6. The van der Waals surface area contributed by atoms with Gasteiger partial charge in [-0.1, -0.05) is 6.07 Å². The van der Waals surface area contributed by atoms with Crippen LogP contribution in [0.25, 0.3) is 10.2 Å². The molecule has 2 N–H and O–H groups in total. The van der Waals surface area contributed by atoms with Crippen molar-refractivity contribution in [3.8, 4) is 0 Å². The fourth-order valence-electron chi connectivity index (χ4n) is 4.39. The minimum absolute atomic E-state index is 0.102. The summed E-state index contributed by atoms with van der Waals surface area (Å²) >= 11 is 2.56. The van der Waals surface area contributed by atoms with Crippen molar-refractivity contribution in [2.45, 2.75) is 31.8 Å². The lowest BCUT2D eigenvalue weighted by molar-refractivity contribution is -0.120. The van der Waals surface area contributed by atoms with E-state index in [4.69, 9.17) is 0 Å². The van der Waals surface area contributed by atoms with Crippen molar-refractivity contribution in [3.63, 3.8) is 0 Å². The number of likely N-dealkylation sites (N-methyl/N-ethyl adjacent to an activating group) is 1. The number of pyridine rings is 1. The Kier molecular flexibility index (Phi) is 7.43. The molecule has 3 amide bonds. The number of carbonyl (C=O) groups is 2. The number of nitrogens with zero attached hydrogens (tertiary/aromatic N) is 4. The summed E-state index contributed by atoms with van der Waals surface area (Å²) in [6.07, 6.45) is 2.37. The average Bonchev–Trinajstić information content (AvgIpc) is 3.48. The lowest BCUT2D eigenvalue weighted by atomic mass is 10.0. The number of hydrogen-bond acceptors (Lipinski definition) is 7. The number of amides is 3. The number of anilines is 2. The molecule has 4 aromatic rings.